The van der Waals surface area contributed by atoms with Gasteiger partial charge in [-0.25, -0.2) is 0 Å². The van der Waals surface area contributed by atoms with E-state index in [-0.39, 0.29) is 18.5 Å². The Morgan fingerprint density at radius 2 is 2.33 bits per heavy atom. The first kappa shape index (κ1) is 14.7. The third kappa shape index (κ3) is 4.12. The molecule has 1 heterocycles. The number of primary amides is 1. The van der Waals surface area contributed by atoms with Gasteiger partial charge >= 0.3 is 0 Å². The number of aromatic nitrogens is 2. The van der Waals surface area contributed by atoms with E-state index in [1.165, 1.54) is 0 Å². The standard InChI is InChI=1S/C12H23N5O/c1-3-4-5-17(9-12(14)18)11(6-13)10-7-15-16(2)8-10/h7-8,11H,3-6,9,13H2,1-2H3,(H2,14,18). The maximum Gasteiger partial charge on any atom is 0.231 e. The van der Waals surface area contributed by atoms with Crippen LogP contribution < -0.4 is 11.5 Å². The molecule has 1 amide bonds. The Morgan fingerprint density at radius 3 is 2.78 bits per heavy atom. The monoisotopic (exact) mass is 253 g/mol. The molecule has 0 saturated heterocycles. The normalized spacial score (nSPS) is 12.9. The first-order valence-corrected chi connectivity index (χ1v) is 6.29. The molecule has 4 N–H and O–H groups in total. The van der Waals surface area contributed by atoms with Gasteiger partial charge in [-0.1, -0.05) is 13.3 Å². The van der Waals surface area contributed by atoms with Crippen molar-refractivity contribution in [1.29, 1.82) is 0 Å². The maximum atomic E-state index is 11.1. The first-order chi connectivity index (χ1) is 8.58. The van der Waals surface area contributed by atoms with Gasteiger partial charge in [-0.2, -0.15) is 5.10 Å². The van der Waals surface area contributed by atoms with Crippen LogP contribution in [0.3, 0.4) is 0 Å². The predicted octanol–water partition coefficient (Wildman–Crippen LogP) is 0.00730. The van der Waals surface area contributed by atoms with Crippen LogP contribution in [0.15, 0.2) is 12.4 Å². The van der Waals surface area contributed by atoms with E-state index in [1.54, 1.807) is 10.9 Å². The number of rotatable bonds is 8. The molecule has 0 aliphatic rings. The second kappa shape index (κ2) is 7.13. The van der Waals surface area contributed by atoms with Crippen LogP contribution in [0.5, 0.6) is 0 Å². The highest BCUT2D eigenvalue weighted by atomic mass is 16.1. The second-order valence-corrected chi connectivity index (χ2v) is 4.49. The van der Waals surface area contributed by atoms with Crippen LogP contribution in [0.25, 0.3) is 0 Å². The predicted molar refractivity (Wildman–Crippen MR) is 70.7 cm³/mol. The fourth-order valence-electron chi connectivity index (χ4n) is 2.01. The summed E-state index contributed by atoms with van der Waals surface area (Å²) in [6.45, 7) is 3.61. The Balaban J connectivity index is 2.81. The summed E-state index contributed by atoms with van der Waals surface area (Å²) in [7, 11) is 1.86. The smallest absolute Gasteiger partial charge is 0.231 e. The van der Waals surface area contributed by atoms with Crippen molar-refractivity contribution in [1.82, 2.24) is 14.7 Å². The summed E-state index contributed by atoms with van der Waals surface area (Å²) in [6, 6.07) is -0.00208. The average Bonchev–Trinajstić information content (AvgIpc) is 2.72. The molecular formula is C12H23N5O. The molecule has 18 heavy (non-hydrogen) atoms. The van der Waals surface area contributed by atoms with Gasteiger partial charge in [0.1, 0.15) is 0 Å². The van der Waals surface area contributed by atoms with E-state index in [9.17, 15) is 4.79 Å². The van der Waals surface area contributed by atoms with Crippen LogP contribution in [0.4, 0.5) is 0 Å². The van der Waals surface area contributed by atoms with Crippen LogP contribution in [0, 0.1) is 0 Å². The summed E-state index contributed by atoms with van der Waals surface area (Å²) < 4.78 is 1.74. The van der Waals surface area contributed by atoms with Gasteiger partial charge in [-0.3, -0.25) is 14.4 Å². The van der Waals surface area contributed by atoms with E-state index < -0.39 is 0 Å². The van der Waals surface area contributed by atoms with Crippen LogP contribution in [-0.2, 0) is 11.8 Å². The van der Waals surface area contributed by atoms with Crippen LogP contribution >= 0.6 is 0 Å². The van der Waals surface area contributed by atoms with E-state index in [4.69, 9.17) is 11.5 Å². The first-order valence-electron chi connectivity index (χ1n) is 6.29. The number of hydrogen-bond donors (Lipinski definition) is 2. The summed E-state index contributed by atoms with van der Waals surface area (Å²) in [4.78, 5) is 13.2. The summed E-state index contributed by atoms with van der Waals surface area (Å²) in [5.41, 5.74) is 12.2. The third-order valence-electron chi connectivity index (χ3n) is 2.93. The Kier molecular flexibility index (Phi) is 5.80. The van der Waals surface area contributed by atoms with Crippen molar-refractivity contribution in [2.45, 2.75) is 25.8 Å². The van der Waals surface area contributed by atoms with Crippen molar-refractivity contribution in [3.05, 3.63) is 18.0 Å². The van der Waals surface area contributed by atoms with Crippen LogP contribution in [0.2, 0.25) is 0 Å². The van der Waals surface area contributed by atoms with Gasteiger partial charge in [0.25, 0.3) is 0 Å². The van der Waals surface area contributed by atoms with Crippen LogP contribution in [-0.4, -0.2) is 40.2 Å². The summed E-state index contributed by atoms with van der Waals surface area (Å²) in [5.74, 6) is -0.326. The van der Waals surface area contributed by atoms with Crippen molar-refractivity contribution in [2.75, 3.05) is 19.6 Å². The largest absolute Gasteiger partial charge is 0.369 e. The summed E-state index contributed by atoms with van der Waals surface area (Å²) >= 11 is 0. The van der Waals surface area contributed by atoms with Crippen molar-refractivity contribution < 1.29 is 4.79 Å². The van der Waals surface area contributed by atoms with E-state index >= 15 is 0 Å². The molecule has 1 aromatic rings. The van der Waals surface area contributed by atoms with Gasteiger partial charge < -0.3 is 11.5 Å². The molecule has 0 saturated carbocycles. The lowest BCUT2D eigenvalue weighted by molar-refractivity contribution is -0.119. The number of aryl methyl sites for hydroxylation is 1. The van der Waals surface area contributed by atoms with E-state index in [2.05, 4.69) is 12.0 Å². The number of carbonyl (C=O) groups excluding carboxylic acids is 1. The minimum atomic E-state index is -0.326. The fourth-order valence-corrected chi connectivity index (χ4v) is 2.01. The molecular weight excluding hydrogens is 230 g/mol. The molecule has 6 nitrogen and oxygen atoms in total. The maximum absolute atomic E-state index is 11.1. The third-order valence-corrected chi connectivity index (χ3v) is 2.93. The van der Waals surface area contributed by atoms with Crippen LogP contribution in [0.1, 0.15) is 31.4 Å². The number of nitrogens with two attached hydrogens (primary N) is 2. The minimum Gasteiger partial charge on any atom is -0.369 e. The number of carbonyl (C=O) groups is 1. The molecule has 0 aromatic carbocycles. The average molecular weight is 253 g/mol. The molecule has 0 radical (unpaired) electrons. The molecule has 0 aliphatic carbocycles. The molecule has 6 heteroatoms. The van der Waals surface area contributed by atoms with Crippen molar-refractivity contribution in [2.24, 2.45) is 18.5 Å². The molecule has 0 fully saturated rings. The van der Waals surface area contributed by atoms with Gasteiger partial charge in [0.2, 0.25) is 5.91 Å². The quantitative estimate of drug-likeness (QED) is 0.682. The highest BCUT2D eigenvalue weighted by Gasteiger charge is 2.21. The van der Waals surface area contributed by atoms with Gasteiger partial charge in [0, 0.05) is 25.4 Å². The molecule has 1 atom stereocenters. The Labute approximate surface area is 108 Å². The van der Waals surface area contributed by atoms with Crippen molar-refractivity contribution in [3.63, 3.8) is 0 Å². The highest BCUT2D eigenvalue weighted by Crippen LogP contribution is 2.19. The lowest BCUT2D eigenvalue weighted by atomic mass is 10.1. The number of unbranched alkanes of at least 4 members (excludes halogenated alkanes) is 1. The summed E-state index contributed by atoms with van der Waals surface area (Å²) in [5, 5.41) is 4.15. The topological polar surface area (TPSA) is 90.2 Å². The molecule has 1 aromatic heterocycles. The van der Waals surface area contributed by atoms with Crippen molar-refractivity contribution in [3.8, 4) is 0 Å². The van der Waals surface area contributed by atoms with E-state index in [1.807, 2.05) is 18.1 Å². The zero-order chi connectivity index (χ0) is 13.5. The van der Waals surface area contributed by atoms with Gasteiger partial charge in [0.05, 0.1) is 18.8 Å². The Hall–Kier alpha value is -1.40. The molecule has 1 rings (SSSR count). The molecule has 102 valence electrons. The number of amides is 1. The Bertz CT molecular complexity index is 376. The number of nitrogens with zero attached hydrogens (tertiary/aromatic N) is 3. The Morgan fingerprint density at radius 1 is 1.61 bits per heavy atom. The fraction of sp³-hybridized carbons (Fsp3) is 0.667. The van der Waals surface area contributed by atoms with E-state index in [0.717, 1.165) is 24.9 Å². The van der Waals surface area contributed by atoms with Crippen molar-refractivity contribution >= 4 is 5.91 Å². The molecule has 0 aliphatic heterocycles. The molecule has 0 spiro atoms. The molecule has 1 unspecified atom stereocenters. The van der Waals surface area contributed by atoms with Gasteiger partial charge in [-0.05, 0) is 13.0 Å². The summed E-state index contributed by atoms with van der Waals surface area (Å²) in [6.07, 6.45) is 5.80. The lowest BCUT2D eigenvalue weighted by Crippen LogP contribution is -2.40. The number of hydrogen-bond acceptors (Lipinski definition) is 4. The van der Waals surface area contributed by atoms with E-state index in [0.29, 0.717) is 6.54 Å². The molecule has 0 bridgehead atoms. The van der Waals surface area contributed by atoms with Gasteiger partial charge in [0.15, 0.2) is 0 Å². The van der Waals surface area contributed by atoms with Gasteiger partial charge in [-0.15, -0.1) is 0 Å². The SMILES string of the molecule is CCCCN(CC(N)=O)C(CN)c1cnn(C)c1. The lowest BCUT2D eigenvalue weighted by Gasteiger charge is -2.29. The zero-order valence-corrected chi connectivity index (χ0v) is 11.2. The zero-order valence-electron chi connectivity index (χ0n) is 11.2. The minimum absolute atomic E-state index is 0.00208. The highest BCUT2D eigenvalue weighted by molar-refractivity contribution is 5.76. The second-order valence-electron chi connectivity index (χ2n) is 4.49.